The minimum Gasteiger partial charge on any atom is -0.472 e. The van der Waals surface area contributed by atoms with Crippen LogP contribution < -0.4 is 0 Å². The van der Waals surface area contributed by atoms with E-state index in [9.17, 15) is 4.79 Å². The summed E-state index contributed by atoms with van der Waals surface area (Å²) in [6.07, 6.45) is 6.23. The highest BCUT2D eigenvalue weighted by Gasteiger charge is 2.39. The Morgan fingerprint density at radius 3 is 2.96 bits per heavy atom. The molecule has 2 aliphatic rings. The number of likely N-dealkylation sites (tertiary alicyclic amines) is 1. The van der Waals surface area contributed by atoms with E-state index in [1.54, 1.807) is 30.7 Å². The highest BCUT2D eigenvalue weighted by atomic mass is 35.5. The molecule has 0 aliphatic carbocycles. The van der Waals surface area contributed by atoms with Gasteiger partial charge >= 0.3 is 0 Å². The molecule has 0 bridgehead atoms. The zero-order chi connectivity index (χ0) is 18.7. The monoisotopic (exact) mass is 389 g/mol. The van der Waals surface area contributed by atoms with Crippen molar-refractivity contribution >= 4 is 17.5 Å². The molecule has 4 heterocycles. The van der Waals surface area contributed by atoms with E-state index in [-0.39, 0.29) is 11.5 Å². The maximum absolute atomic E-state index is 12.8. The Labute approximate surface area is 164 Å². The Morgan fingerprint density at radius 2 is 2.15 bits per heavy atom. The molecule has 4 rings (SSSR count). The molecule has 2 saturated heterocycles. The number of carbonyl (C=O) groups is 1. The van der Waals surface area contributed by atoms with Gasteiger partial charge in [0.25, 0.3) is 5.91 Å². The lowest BCUT2D eigenvalue weighted by molar-refractivity contribution is -0.118. The van der Waals surface area contributed by atoms with Crippen molar-refractivity contribution < 1.29 is 13.9 Å². The molecule has 2 fully saturated rings. The van der Waals surface area contributed by atoms with Crippen LogP contribution in [-0.2, 0) is 11.3 Å². The number of hydrogen-bond donors (Lipinski definition) is 0. The van der Waals surface area contributed by atoms with Gasteiger partial charge in [0.15, 0.2) is 0 Å². The van der Waals surface area contributed by atoms with E-state index in [2.05, 4.69) is 9.88 Å². The van der Waals surface area contributed by atoms with E-state index in [0.717, 1.165) is 52.0 Å². The van der Waals surface area contributed by atoms with Crippen LogP contribution in [0.3, 0.4) is 0 Å². The quantitative estimate of drug-likeness (QED) is 0.754. The van der Waals surface area contributed by atoms with E-state index in [1.165, 1.54) is 5.56 Å². The summed E-state index contributed by atoms with van der Waals surface area (Å²) in [4.78, 5) is 21.3. The number of amides is 1. The summed E-state index contributed by atoms with van der Waals surface area (Å²) in [5.41, 5.74) is 1.41. The summed E-state index contributed by atoms with van der Waals surface area (Å²) >= 11 is 5.94. The molecule has 0 radical (unpaired) electrons. The van der Waals surface area contributed by atoms with Crippen molar-refractivity contribution in [3.8, 4) is 0 Å². The third-order valence-electron chi connectivity index (χ3n) is 5.43. The van der Waals surface area contributed by atoms with E-state index in [1.807, 2.05) is 11.0 Å². The molecule has 0 saturated carbocycles. The standard InChI is InChI=1S/C20H24ClN3O3/c21-18-4-1-3-17(22-18)19(25)24-8-2-6-20(7-9-24)15-23(10-12-27-20)13-16-5-11-26-14-16/h1,3-5,11,14H,2,6-10,12-13,15H2. The molecule has 1 atom stereocenters. The van der Waals surface area contributed by atoms with Crippen LogP contribution in [0, 0.1) is 0 Å². The molecule has 2 aromatic rings. The van der Waals surface area contributed by atoms with Gasteiger partial charge in [0.05, 0.1) is 24.7 Å². The van der Waals surface area contributed by atoms with Gasteiger partial charge in [-0.1, -0.05) is 17.7 Å². The summed E-state index contributed by atoms with van der Waals surface area (Å²) in [6.45, 7) is 4.79. The van der Waals surface area contributed by atoms with Crippen LogP contribution in [0.25, 0.3) is 0 Å². The lowest BCUT2D eigenvalue weighted by Crippen LogP contribution is -2.51. The van der Waals surface area contributed by atoms with E-state index in [4.69, 9.17) is 20.8 Å². The molecule has 144 valence electrons. The lowest BCUT2D eigenvalue weighted by atomic mass is 9.92. The van der Waals surface area contributed by atoms with Crippen molar-refractivity contribution in [2.24, 2.45) is 0 Å². The van der Waals surface area contributed by atoms with Gasteiger partial charge in [-0.2, -0.15) is 0 Å². The molecule has 1 unspecified atom stereocenters. The number of ether oxygens (including phenoxy) is 1. The van der Waals surface area contributed by atoms with Crippen LogP contribution in [-0.4, -0.2) is 59.1 Å². The minimum absolute atomic E-state index is 0.0550. The molecule has 1 amide bonds. The van der Waals surface area contributed by atoms with Crippen molar-refractivity contribution in [1.82, 2.24) is 14.8 Å². The third-order valence-corrected chi connectivity index (χ3v) is 5.64. The largest absolute Gasteiger partial charge is 0.472 e. The second-order valence-corrected chi connectivity index (χ2v) is 7.75. The van der Waals surface area contributed by atoms with Gasteiger partial charge in [-0.3, -0.25) is 9.69 Å². The average Bonchev–Trinajstić information content (AvgIpc) is 3.09. The first-order valence-electron chi connectivity index (χ1n) is 9.43. The normalized spacial score (nSPS) is 24.1. The summed E-state index contributed by atoms with van der Waals surface area (Å²) in [7, 11) is 0. The number of rotatable bonds is 3. The fourth-order valence-corrected chi connectivity index (χ4v) is 4.23. The molecule has 2 aliphatic heterocycles. The molecule has 0 aromatic carbocycles. The van der Waals surface area contributed by atoms with Crippen LogP contribution in [0.5, 0.6) is 0 Å². The van der Waals surface area contributed by atoms with Gasteiger partial charge in [-0.15, -0.1) is 0 Å². The third kappa shape index (κ3) is 4.34. The van der Waals surface area contributed by atoms with Gasteiger partial charge in [-0.05, 0) is 37.5 Å². The van der Waals surface area contributed by atoms with E-state index in [0.29, 0.717) is 17.4 Å². The van der Waals surface area contributed by atoms with Crippen molar-refractivity contribution in [2.45, 2.75) is 31.4 Å². The van der Waals surface area contributed by atoms with Gasteiger partial charge in [0.2, 0.25) is 0 Å². The number of aromatic nitrogens is 1. The number of halogens is 1. The Kier molecular flexibility index (Phi) is 5.48. The molecular formula is C20H24ClN3O3. The maximum atomic E-state index is 12.8. The number of carbonyl (C=O) groups excluding carboxylic acids is 1. The average molecular weight is 390 g/mol. The summed E-state index contributed by atoms with van der Waals surface area (Å²) in [5, 5.41) is 0.345. The molecule has 0 N–H and O–H groups in total. The summed E-state index contributed by atoms with van der Waals surface area (Å²) in [5.74, 6) is -0.0550. The highest BCUT2D eigenvalue weighted by Crippen LogP contribution is 2.31. The Hall–Kier alpha value is -1.89. The Balaban J connectivity index is 1.40. The second-order valence-electron chi connectivity index (χ2n) is 7.37. The molecule has 1 spiro atoms. The van der Waals surface area contributed by atoms with Gasteiger partial charge in [-0.25, -0.2) is 4.98 Å². The highest BCUT2D eigenvalue weighted by molar-refractivity contribution is 6.29. The fourth-order valence-electron chi connectivity index (χ4n) is 4.06. The Bertz CT molecular complexity index is 783. The minimum atomic E-state index is -0.182. The summed E-state index contributed by atoms with van der Waals surface area (Å²) < 4.78 is 11.4. The number of pyridine rings is 1. The molecule has 2 aromatic heterocycles. The first-order chi connectivity index (χ1) is 13.1. The van der Waals surface area contributed by atoms with Crippen molar-refractivity contribution in [3.63, 3.8) is 0 Å². The van der Waals surface area contributed by atoms with Crippen LogP contribution in [0.1, 0.15) is 35.3 Å². The fraction of sp³-hybridized carbons (Fsp3) is 0.500. The zero-order valence-corrected chi connectivity index (χ0v) is 16.0. The second kappa shape index (κ2) is 8.00. The van der Waals surface area contributed by atoms with Crippen molar-refractivity contribution in [1.29, 1.82) is 0 Å². The smallest absolute Gasteiger partial charge is 0.272 e. The van der Waals surface area contributed by atoms with Crippen molar-refractivity contribution in [3.05, 3.63) is 53.2 Å². The molecular weight excluding hydrogens is 366 g/mol. The number of hydrogen-bond acceptors (Lipinski definition) is 5. The van der Waals surface area contributed by atoms with Crippen LogP contribution >= 0.6 is 11.6 Å². The Morgan fingerprint density at radius 1 is 1.22 bits per heavy atom. The van der Waals surface area contributed by atoms with Crippen LogP contribution in [0.15, 0.2) is 41.2 Å². The number of nitrogens with zero attached hydrogens (tertiary/aromatic N) is 3. The van der Waals surface area contributed by atoms with Crippen LogP contribution in [0.4, 0.5) is 0 Å². The molecule has 7 heteroatoms. The SMILES string of the molecule is O=C(c1cccc(Cl)n1)N1CCCC2(CC1)CN(Cc1ccoc1)CCO2. The van der Waals surface area contributed by atoms with Crippen LogP contribution in [0.2, 0.25) is 5.15 Å². The van der Waals surface area contributed by atoms with Gasteiger partial charge in [0.1, 0.15) is 10.8 Å². The topological polar surface area (TPSA) is 58.8 Å². The predicted molar refractivity (Wildman–Crippen MR) is 102 cm³/mol. The van der Waals surface area contributed by atoms with Gasteiger partial charge in [0, 0.05) is 38.3 Å². The first-order valence-corrected chi connectivity index (χ1v) is 9.81. The van der Waals surface area contributed by atoms with Gasteiger partial charge < -0.3 is 14.1 Å². The maximum Gasteiger partial charge on any atom is 0.272 e. The number of morpholine rings is 1. The number of furan rings is 1. The van der Waals surface area contributed by atoms with Crippen molar-refractivity contribution in [2.75, 3.05) is 32.8 Å². The van der Waals surface area contributed by atoms with E-state index < -0.39 is 0 Å². The summed E-state index contributed by atoms with van der Waals surface area (Å²) in [6, 6.07) is 7.17. The molecule has 27 heavy (non-hydrogen) atoms. The van der Waals surface area contributed by atoms with E-state index >= 15 is 0 Å². The molecule has 6 nitrogen and oxygen atoms in total. The lowest BCUT2D eigenvalue weighted by Gasteiger charge is -2.42. The first kappa shape index (κ1) is 18.5. The zero-order valence-electron chi connectivity index (χ0n) is 15.3. The predicted octanol–water partition coefficient (Wildman–Crippen LogP) is 3.23.